The fraction of sp³-hybridized carbons (Fsp3) is 0.476. The Kier molecular flexibility index (Phi) is 5.24. The Labute approximate surface area is 192 Å². The topological polar surface area (TPSA) is 152 Å². The number of rotatable bonds is 4. The number of imide groups is 2. The average Bonchev–Trinajstić information content (AvgIpc) is 3.21. The molecule has 1 aromatic carbocycles. The molecule has 3 aliphatic rings. The van der Waals surface area contributed by atoms with Crippen molar-refractivity contribution < 1.29 is 37.6 Å². The monoisotopic (exact) mass is 475 g/mol. The smallest absolute Gasteiger partial charge is 0.328 e. The predicted octanol–water partition coefficient (Wildman–Crippen LogP) is -0.155. The fourth-order valence-corrected chi connectivity index (χ4v) is 5.18. The van der Waals surface area contributed by atoms with Crippen LogP contribution in [0.5, 0.6) is 0 Å². The van der Waals surface area contributed by atoms with Crippen LogP contribution in [0.15, 0.2) is 10.6 Å². The Morgan fingerprint density at radius 1 is 1.35 bits per heavy atom. The Bertz CT molecular complexity index is 1210. The summed E-state index contributed by atoms with van der Waals surface area (Å²) in [5, 5.41) is 10.8. The molecule has 2 saturated heterocycles. The van der Waals surface area contributed by atoms with Gasteiger partial charge in [-0.25, -0.2) is 9.18 Å². The largest absolute Gasteiger partial charge is 0.383 e. The molecule has 0 saturated carbocycles. The standard InChI is InChI=1S/C21H22FN5O7/c1-9-16-21(18(29)24-20(31)25-19(21)30)8-10-7-11-13(17(28)23-3-5-32-2)26-34-15(11)12(22)14(10)27(16)4-6-33-9/h7,9,16H,3-6,8H2,1-2H3,(H,23,28)(H2,24,25,29,30,31)/t9-,16+/m0/s1. The molecule has 180 valence electrons. The summed E-state index contributed by atoms with van der Waals surface area (Å²) in [7, 11) is 1.49. The summed E-state index contributed by atoms with van der Waals surface area (Å²) in [6, 6.07) is -0.295. The molecule has 2 aromatic rings. The van der Waals surface area contributed by atoms with E-state index in [-0.39, 0.29) is 55.1 Å². The van der Waals surface area contributed by atoms with Gasteiger partial charge in [-0.3, -0.25) is 25.0 Å². The molecule has 3 N–H and O–H groups in total. The van der Waals surface area contributed by atoms with Gasteiger partial charge in [-0.2, -0.15) is 0 Å². The highest BCUT2D eigenvalue weighted by atomic mass is 19.1. The van der Waals surface area contributed by atoms with Crippen LogP contribution >= 0.6 is 0 Å². The van der Waals surface area contributed by atoms with Crippen LogP contribution in [0.4, 0.5) is 14.9 Å². The van der Waals surface area contributed by atoms with Crippen molar-refractivity contribution in [1.82, 2.24) is 21.1 Å². The lowest BCUT2D eigenvalue weighted by Gasteiger charge is -2.54. The second kappa shape index (κ2) is 8.02. The number of barbiturate groups is 1. The van der Waals surface area contributed by atoms with Gasteiger partial charge >= 0.3 is 6.03 Å². The van der Waals surface area contributed by atoms with Crippen LogP contribution in [0.2, 0.25) is 0 Å². The summed E-state index contributed by atoms with van der Waals surface area (Å²) >= 11 is 0. The minimum absolute atomic E-state index is 0.105. The quantitative estimate of drug-likeness (QED) is 0.405. The van der Waals surface area contributed by atoms with E-state index in [4.69, 9.17) is 14.0 Å². The Morgan fingerprint density at radius 3 is 2.79 bits per heavy atom. The summed E-state index contributed by atoms with van der Waals surface area (Å²) in [5.41, 5.74) is -1.63. The molecule has 34 heavy (non-hydrogen) atoms. The highest BCUT2D eigenvalue weighted by Gasteiger charge is 2.62. The Hall–Kier alpha value is -3.58. The maximum Gasteiger partial charge on any atom is 0.328 e. The van der Waals surface area contributed by atoms with Crippen molar-refractivity contribution in [2.75, 3.05) is 38.3 Å². The minimum atomic E-state index is -1.75. The van der Waals surface area contributed by atoms with Gasteiger partial charge in [0.25, 0.3) is 5.91 Å². The summed E-state index contributed by atoms with van der Waals surface area (Å²) in [5.74, 6) is -2.92. The zero-order valence-electron chi connectivity index (χ0n) is 18.4. The van der Waals surface area contributed by atoms with Gasteiger partial charge in [0.1, 0.15) is 0 Å². The van der Waals surface area contributed by atoms with Gasteiger partial charge in [0.05, 0.1) is 36.4 Å². The molecule has 0 unspecified atom stereocenters. The molecule has 12 nitrogen and oxygen atoms in total. The van der Waals surface area contributed by atoms with Crippen molar-refractivity contribution in [2.45, 2.75) is 25.5 Å². The number of morpholine rings is 1. The van der Waals surface area contributed by atoms with Gasteiger partial charge in [-0.15, -0.1) is 0 Å². The summed E-state index contributed by atoms with van der Waals surface area (Å²) in [6.45, 7) is 2.60. The van der Waals surface area contributed by atoms with Crippen molar-refractivity contribution in [2.24, 2.45) is 5.41 Å². The van der Waals surface area contributed by atoms with Gasteiger partial charge in [0.15, 0.2) is 16.9 Å². The van der Waals surface area contributed by atoms with E-state index in [2.05, 4.69) is 21.1 Å². The van der Waals surface area contributed by atoms with Gasteiger partial charge < -0.3 is 24.2 Å². The molecule has 1 spiro atoms. The average molecular weight is 475 g/mol. The van der Waals surface area contributed by atoms with Gasteiger partial charge in [0, 0.05) is 26.6 Å². The van der Waals surface area contributed by atoms with Crippen LogP contribution in [-0.2, 0) is 25.5 Å². The van der Waals surface area contributed by atoms with E-state index in [1.54, 1.807) is 11.8 Å². The number of amides is 5. The molecule has 4 heterocycles. The molecule has 2 fully saturated rings. The number of fused-ring (bicyclic) bond motifs is 5. The number of nitrogens with one attached hydrogen (secondary N) is 3. The number of carbonyl (C=O) groups excluding carboxylic acids is 4. The Morgan fingerprint density at radius 2 is 2.09 bits per heavy atom. The second-order valence-electron chi connectivity index (χ2n) is 8.45. The molecule has 0 radical (unpaired) electrons. The van der Waals surface area contributed by atoms with Crippen LogP contribution in [0.1, 0.15) is 23.0 Å². The van der Waals surface area contributed by atoms with Crippen LogP contribution < -0.4 is 20.9 Å². The first-order chi connectivity index (χ1) is 16.3. The first kappa shape index (κ1) is 22.2. The molecule has 0 aliphatic carbocycles. The normalized spacial score (nSPS) is 23.4. The molecule has 1 aromatic heterocycles. The Balaban J connectivity index is 1.66. The van der Waals surface area contributed by atoms with Gasteiger partial charge in [0.2, 0.25) is 17.4 Å². The maximum absolute atomic E-state index is 15.8. The number of methoxy groups -OCH3 is 1. The predicted molar refractivity (Wildman–Crippen MR) is 113 cm³/mol. The third-order valence-electron chi connectivity index (χ3n) is 6.58. The van der Waals surface area contributed by atoms with E-state index < -0.39 is 47.1 Å². The number of ether oxygens (including phenoxy) is 2. The number of benzene rings is 1. The lowest BCUT2D eigenvalue weighted by molar-refractivity contribution is -0.151. The number of urea groups is 1. The number of aromatic nitrogens is 1. The molecule has 0 bridgehead atoms. The molecule has 5 amide bonds. The lowest BCUT2D eigenvalue weighted by atomic mass is 9.66. The van der Waals surface area contributed by atoms with E-state index >= 15 is 4.39 Å². The third kappa shape index (κ3) is 3.07. The first-order valence-corrected chi connectivity index (χ1v) is 10.7. The van der Waals surface area contributed by atoms with Crippen molar-refractivity contribution in [3.05, 3.63) is 23.1 Å². The number of anilines is 1. The SMILES string of the molecule is COCCNC(=O)c1noc2c(F)c3c(cc12)CC1(C(=O)NC(=O)NC1=O)[C@H]1[C@H](C)OCCN31. The second-order valence-corrected chi connectivity index (χ2v) is 8.45. The number of carbonyl (C=O) groups is 4. The van der Waals surface area contributed by atoms with E-state index in [1.807, 2.05) is 0 Å². The van der Waals surface area contributed by atoms with Gasteiger partial charge in [-0.05, 0) is 18.6 Å². The summed E-state index contributed by atoms with van der Waals surface area (Å²) in [4.78, 5) is 52.3. The molecule has 2 atom stereocenters. The van der Waals surface area contributed by atoms with E-state index in [1.165, 1.54) is 13.2 Å². The van der Waals surface area contributed by atoms with Crippen LogP contribution in [0.25, 0.3) is 11.0 Å². The van der Waals surface area contributed by atoms with Crippen molar-refractivity contribution >= 4 is 40.4 Å². The van der Waals surface area contributed by atoms with Crippen LogP contribution in [-0.4, -0.2) is 74.5 Å². The molecular weight excluding hydrogens is 453 g/mol. The summed E-state index contributed by atoms with van der Waals surface area (Å²) in [6.07, 6.45) is -0.844. The summed E-state index contributed by atoms with van der Waals surface area (Å²) < 4.78 is 31.6. The molecular formula is C21H22FN5O7. The highest BCUT2D eigenvalue weighted by Crippen LogP contribution is 2.48. The zero-order valence-corrected chi connectivity index (χ0v) is 18.4. The van der Waals surface area contributed by atoms with E-state index in [9.17, 15) is 19.2 Å². The van der Waals surface area contributed by atoms with Crippen molar-refractivity contribution in [3.63, 3.8) is 0 Å². The molecule has 5 rings (SSSR count). The van der Waals surface area contributed by atoms with Crippen molar-refractivity contribution in [3.8, 4) is 0 Å². The maximum atomic E-state index is 15.8. The number of hydrogen-bond donors (Lipinski definition) is 3. The molecule has 3 aliphatic heterocycles. The first-order valence-electron chi connectivity index (χ1n) is 10.7. The fourth-order valence-electron chi connectivity index (χ4n) is 5.18. The van der Waals surface area contributed by atoms with E-state index in [0.29, 0.717) is 5.56 Å². The minimum Gasteiger partial charge on any atom is -0.383 e. The van der Waals surface area contributed by atoms with Gasteiger partial charge in [-0.1, -0.05) is 5.16 Å². The number of nitrogens with zero attached hydrogens (tertiary/aromatic N) is 2. The lowest BCUT2D eigenvalue weighted by Crippen LogP contribution is -2.74. The molecule has 13 heteroatoms. The number of hydrogen-bond acceptors (Lipinski definition) is 9. The van der Waals surface area contributed by atoms with E-state index in [0.717, 1.165) is 0 Å². The van der Waals surface area contributed by atoms with Crippen LogP contribution in [0, 0.1) is 11.2 Å². The highest BCUT2D eigenvalue weighted by molar-refractivity contribution is 6.20. The third-order valence-corrected chi connectivity index (χ3v) is 6.58. The van der Waals surface area contributed by atoms with Crippen LogP contribution in [0.3, 0.4) is 0 Å². The zero-order chi connectivity index (χ0) is 24.2. The van der Waals surface area contributed by atoms with Crippen molar-refractivity contribution in [1.29, 1.82) is 0 Å². The number of halogens is 1.